The van der Waals surface area contributed by atoms with Crippen LogP contribution in [0.15, 0.2) is 17.2 Å². The molecule has 98 valence electrons. The summed E-state index contributed by atoms with van der Waals surface area (Å²) in [5, 5.41) is 35.9. The molecule has 1 aliphatic heterocycles. The molecule has 7 heteroatoms. The lowest BCUT2D eigenvalue weighted by atomic mass is 10.2. The normalized spacial score (nSPS) is 17.5. The Labute approximate surface area is 104 Å². The molecule has 0 spiro atoms. The largest absolute Gasteiger partial charge is 0.504 e. The summed E-state index contributed by atoms with van der Waals surface area (Å²) in [6.07, 6.45) is 1.45. The first-order valence-electron chi connectivity index (χ1n) is 5.60. The van der Waals surface area contributed by atoms with Gasteiger partial charge in [-0.05, 0) is 12.1 Å². The molecule has 0 atom stereocenters. The van der Waals surface area contributed by atoms with Crippen LogP contribution >= 0.6 is 0 Å². The first kappa shape index (κ1) is 12.5. The zero-order valence-corrected chi connectivity index (χ0v) is 9.82. The van der Waals surface area contributed by atoms with Gasteiger partial charge in [0, 0.05) is 18.7 Å². The van der Waals surface area contributed by atoms with Gasteiger partial charge in [0.25, 0.3) is 0 Å². The van der Waals surface area contributed by atoms with E-state index in [-0.39, 0.29) is 11.5 Å². The number of piperazine rings is 1. The minimum atomic E-state index is -0.536. The minimum Gasteiger partial charge on any atom is -0.504 e. The molecular formula is C11H16N4O3. The van der Waals surface area contributed by atoms with Crippen molar-refractivity contribution in [2.75, 3.05) is 26.2 Å². The standard InChI is InChI=1S/C11H16N4O3/c12-14-3-5-15(6-4-14)13-7-8-1-2-9(16)11(18)10(8)17/h1-2,7,16-18H,3-6,12H2/b13-7-. The lowest BCUT2D eigenvalue weighted by molar-refractivity contribution is 0.138. The van der Waals surface area contributed by atoms with Gasteiger partial charge in [-0.2, -0.15) is 5.10 Å². The fourth-order valence-corrected chi connectivity index (χ4v) is 1.66. The maximum atomic E-state index is 9.60. The second kappa shape index (κ2) is 5.11. The molecule has 18 heavy (non-hydrogen) atoms. The van der Waals surface area contributed by atoms with E-state index >= 15 is 0 Å². The predicted octanol–water partition coefficient (Wildman–Crippen LogP) is -0.371. The van der Waals surface area contributed by atoms with E-state index in [1.165, 1.54) is 18.3 Å². The molecule has 0 aromatic heterocycles. The van der Waals surface area contributed by atoms with Crippen molar-refractivity contribution in [1.29, 1.82) is 0 Å². The number of benzene rings is 1. The zero-order chi connectivity index (χ0) is 13.1. The molecule has 7 nitrogen and oxygen atoms in total. The number of hydrazone groups is 1. The third kappa shape index (κ3) is 2.63. The summed E-state index contributed by atoms with van der Waals surface area (Å²) < 4.78 is 0. The Balaban J connectivity index is 2.07. The average Bonchev–Trinajstić information content (AvgIpc) is 2.37. The lowest BCUT2D eigenvalue weighted by Crippen LogP contribution is -2.47. The highest BCUT2D eigenvalue weighted by atomic mass is 16.3. The van der Waals surface area contributed by atoms with Gasteiger partial charge < -0.3 is 15.3 Å². The number of aromatic hydroxyl groups is 3. The van der Waals surface area contributed by atoms with Crippen LogP contribution < -0.4 is 5.84 Å². The van der Waals surface area contributed by atoms with E-state index in [1.54, 1.807) is 5.01 Å². The average molecular weight is 252 g/mol. The monoisotopic (exact) mass is 252 g/mol. The molecule has 0 saturated carbocycles. The highest BCUT2D eigenvalue weighted by Gasteiger charge is 2.13. The molecule has 0 amide bonds. The van der Waals surface area contributed by atoms with Crippen molar-refractivity contribution in [1.82, 2.24) is 10.0 Å². The van der Waals surface area contributed by atoms with E-state index in [4.69, 9.17) is 5.84 Å². The third-order valence-electron chi connectivity index (χ3n) is 2.81. The molecule has 5 N–H and O–H groups in total. The Kier molecular flexibility index (Phi) is 3.54. The molecule has 0 aliphatic carbocycles. The third-order valence-corrected chi connectivity index (χ3v) is 2.81. The summed E-state index contributed by atoms with van der Waals surface area (Å²) in [4.78, 5) is 0. The Morgan fingerprint density at radius 3 is 2.39 bits per heavy atom. The maximum Gasteiger partial charge on any atom is 0.200 e. The smallest absolute Gasteiger partial charge is 0.200 e. The number of phenolic OH excluding ortho intramolecular Hbond substituents is 3. The molecular weight excluding hydrogens is 236 g/mol. The van der Waals surface area contributed by atoms with Crippen LogP contribution in [-0.2, 0) is 0 Å². The fourth-order valence-electron chi connectivity index (χ4n) is 1.66. The summed E-state index contributed by atoms with van der Waals surface area (Å²) in [5.74, 6) is 4.34. The fraction of sp³-hybridized carbons (Fsp3) is 0.364. The highest BCUT2D eigenvalue weighted by Crippen LogP contribution is 2.36. The Hall–Kier alpha value is -1.99. The number of hydrazine groups is 1. The first-order valence-corrected chi connectivity index (χ1v) is 5.60. The molecule has 2 rings (SSSR count). The van der Waals surface area contributed by atoms with Crippen LogP contribution in [0.4, 0.5) is 0 Å². The second-order valence-corrected chi connectivity index (χ2v) is 4.11. The van der Waals surface area contributed by atoms with E-state index < -0.39 is 5.75 Å². The van der Waals surface area contributed by atoms with Crippen molar-refractivity contribution < 1.29 is 15.3 Å². The van der Waals surface area contributed by atoms with Crippen molar-refractivity contribution in [3.05, 3.63) is 17.7 Å². The van der Waals surface area contributed by atoms with E-state index in [9.17, 15) is 15.3 Å². The highest BCUT2D eigenvalue weighted by molar-refractivity contribution is 5.85. The van der Waals surface area contributed by atoms with E-state index in [1.807, 2.05) is 5.01 Å². The Morgan fingerprint density at radius 2 is 1.72 bits per heavy atom. The molecule has 1 heterocycles. The first-order chi connectivity index (χ1) is 8.58. The van der Waals surface area contributed by atoms with Crippen molar-refractivity contribution in [2.45, 2.75) is 0 Å². The van der Waals surface area contributed by atoms with E-state index in [2.05, 4.69) is 5.10 Å². The van der Waals surface area contributed by atoms with E-state index in [0.29, 0.717) is 18.7 Å². The number of hydrogen-bond donors (Lipinski definition) is 4. The molecule has 1 fully saturated rings. The van der Waals surface area contributed by atoms with Gasteiger partial charge in [0.2, 0.25) is 5.75 Å². The molecule has 1 saturated heterocycles. The minimum absolute atomic E-state index is 0.348. The van der Waals surface area contributed by atoms with Crippen LogP contribution in [0.5, 0.6) is 17.2 Å². The summed E-state index contributed by atoms with van der Waals surface area (Å²) in [5.41, 5.74) is 0.348. The summed E-state index contributed by atoms with van der Waals surface area (Å²) >= 11 is 0. The molecule has 1 aromatic carbocycles. The van der Waals surface area contributed by atoms with E-state index in [0.717, 1.165) is 13.1 Å². The second-order valence-electron chi connectivity index (χ2n) is 4.11. The van der Waals surface area contributed by atoms with Gasteiger partial charge in [0.05, 0.1) is 19.3 Å². The summed E-state index contributed by atoms with van der Waals surface area (Å²) in [6, 6.07) is 2.78. The summed E-state index contributed by atoms with van der Waals surface area (Å²) in [6.45, 7) is 2.87. The van der Waals surface area contributed by atoms with Gasteiger partial charge in [0.1, 0.15) is 0 Å². The quantitative estimate of drug-likeness (QED) is 0.325. The van der Waals surface area contributed by atoms with Gasteiger partial charge in [-0.15, -0.1) is 0 Å². The van der Waals surface area contributed by atoms with Crippen LogP contribution in [0.3, 0.4) is 0 Å². The van der Waals surface area contributed by atoms with Crippen LogP contribution in [0.25, 0.3) is 0 Å². The Morgan fingerprint density at radius 1 is 1.06 bits per heavy atom. The van der Waals surface area contributed by atoms with Gasteiger partial charge >= 0.3 is 0 Å². The number of hydrogen-bond acceptors (Lipinski definition) is 7. The predicted molar refractivity (Wildman–Crippen MR) is 66.4 cm³/mol. The number of phenols is 3. The van der Waals surface area contributed by atoms with Gasteiger partial charge in [-0.1, -0.05) is 0 Å². The summed E-state index contributed by atoms with van der Waals surface area (Å²) in [7, 11) is 0. The lowest BCUT2D eigenvalue weighted by Gasteiger charge is -2.29. The topological polar surface area (TPSA) is 106 Å². The Bertz CT molecular complexity index is 456. The van der Waals surface area contributed by atoms with Gasteiger partial charge in [-0.3, -0.25) is 10.9 Å². The van der Waals surface area contributed by atoms with Gasteiger partial charge in [0.15, 0.2) is 11.5 Å². The van der Waals surface area contributed by atoms with Crippen LogP contribution in [-0.4, -0.2) is 57.7 Å². The van der Waals surface area contributed by atoms with Crippen LogP contribution in [0.1, 0.15) is 5.56 Å². The van der Waals surface area contributed by atoms with Crippen molar-refractivity contribution >= 4 is 6.21 Å². The van der Waals surface area contributed by atoms with Crippen molar-refractivity contribution in [2.24, 2.45) is 10.9 Å². The maximum absolute atomic E-state index is 9.60. The van der Waals surface area contributed by atoms with Crippen LogP contribution in [0, 0.1) is 0 Å². The zero-order valence-electron chi connectivity index (χ0n) is 9.82. The number of rotatable bonds is 2. The molecule has 1 aliphatic rings. The SMILES string of the molecule is NN1CCN(/N=C\c2ccc(O)c(O)c2O)CC1. The van der Waals surface area contributed by atoms with Gasteiger partial charge in [-0.25, -0.2) is 5.01 Å². The molecule has 0 unspecified atom stereocenters. The molecule has 0 bridgehead atoms. The van der Waals surface area contributed by atoms with Crippen molar-refractivity contribution in [3.63, 3.8) is 0 Å². The molecule has 1 aromatic rings. The van der Waals surface area contributed by atoms with Crippen LogP contribution in [0.2, 0.25) is 0 Å². The molecule has 0 radical (unpaired) electrons. The van der Waals surface area contributed by atoms with Crippen molar-refractivity contribution in [3.8, 4) is 17.2 Å². The number of nitrogens with zero attached hydrogens (tertiary/aromatic N) is 3. The number of nitrogens with two attached hydrogens (primary N) is 1.